The number of carbonyl (C=O) groups is 2. The standard InChI is InChI=1S/C26H52N2O8.C9H16O3.C3H9NO.2C2H6/c1-16-13-19(27(7)8)14-22(35-16)36-21(15-20(29)17(2)24(31)34-10)26(6,33)11-12-28(9)18(3)23(30)25(4,5)32;1-6-4-5-11-7(2)9(6)12-8(3)10;4-2-1-3-5;2*1-2/h16-23,29-30,32-33H,11-15H2,1-10H3;6-7,9H,4-5H2,1-3H3;5H,1-4H2;2*1-2H3/t16?,17?,18?,19?,20-,21+,22?,23?,26+;6?,7?,9-;;;/m01.../s1. The van der Waals surface area contributed by atoms with Gasteiger partial charge in [0.05, 0.1) is 54.7 Å². The molecule has 0 amide bonds. The van der Waals surface area contributed by atoms with E-state index in [2.05, 4.69) is 11.8 Å². The highest BCUT2D eigenvalue weighted by Gasteiger charge is 2.41. The van der Waals surface area contributed by atoms with Crippen LogP contribution in [0.1, 0.15) is 129 Å². The molecule has 0 bridgehead atoms. The van der Waals surface area contributed by atoms with Crippen LogP contribution in [0.25, 0.3) is 0 Å². The van der Waals surface area contributed by atoms with Crippen molar-refractivity contribution in [2.75, 3.05) is 54.6 Å². The molecule has 2 aliphatic heterocycles. The van der Waals surface area contributed by atoms with Crippen LogP contribution in [-0.4, -0.2) is 168 Å². The maximum Gasteiger partial charge on any atom is 0.311 e. The second kappa shape index (κ2) is 31.4. The van der Waals surface area contributed by atoms with Crippen molar-refractivity contribution in [2.24, 2.45) is 17.6 Å². The molecule has 0 spiro atoms. The van der Waals surface area contributed by atoms with Crippen molar-refractivity contribution in [3.63, 3.8) is 0 Å². The van der Waals surface area contributed by atoms with Crippen LogP contribution >= 0.6 is 0 Å². The number of methoxy groups -OCH3 is 1. The van der Waals surface area contributed by atoms with Gasteiger partial charge in [-0.2, -0.15) is 0 Å². The molecule has 0 aromatic heterocycles. The van der Waals surface area contributed by atoms with Crippen LogP contribution in [0.4, 0.5) is 0 Å². The van der Waals surface area contributed by atoms with E-state index in [4.69, 9.17) is 34.5 Å². The van der Waals surface area contributed by atoms with Gasteiger partial charge in [-0.05, 0) is 108 Å². The minimum absolute atomic E-state index is 0.00963. The molecule has 8 unspecified atom stereocenters. The Morgan fingerprint density at radius 2 is 1.54 bits per heavy atom. The third kappa shape index (κ3) is 24.4. The van der Waals surface area contributed by atoms with E-state index in [1.165, 1.54) is 14.0 Å². The Balaban J connectivity index is -0.00000113. The van der Waals surface area contributed by atoms with Gasteiger partial charge in [0.25, 0.3) is 0 Å². The number of ether oxygens (including phenoxy) is 5. The summed E-state index contributed by atoms with van der Waals surface area (Å²) < 4.78 is 27.7. The average Bonchev–Trinajstić information content (AvgIpc) is 3.15. The number of rotatable bonds is 17. The zero-order chi connectivity index (χ0) is 45.3. The molecule has 0 aromatic carbocycles. The molecule has 2 rings (SSSR count). The molecule has 2 aliphatic rings. The molecular weight excluding hydrogens is 738 g/mol. The molecule has 0 aliphatic carbocycles. The Hall–Kier alpha value is -1.50. The summed E-state index contributed by atoms with van der Waals surface area (Å²) in [7, 11) is 7.10. The second-order valence-electron chi connectivity index (χ2n) is 15.9. The number of nitrogens with two attached hydrogens (primary N) is 1. The van der Waals surface area contributed by atoms with Crippen LogP contribution < -0.4 is 5.73 Å². The minimum atomic E-state index is -1.39. The summed E-state index contributed by atoms with van der Waals surface area (Å²) in [5, 5.41) is 50.9. The maximum absolute atomic E-state index is 12.0. The molecule has 15 heteroatoms. The lowest BCUT2D eigenvalue weighted by Crippen LogP contribution is -2.53. The number of nitrogens with zero attached hydrogens (tertiary/aromatic N) is 2. The average molecular weight is 828 g/mol. The Morgan fingerprint density at radius 3 is 1.96 bits per heavy atom. The Labute approximate surface area is 346 Å². The van der Waals surface area contributed by atoms with Gasteiger partial charge >= 0.3 is 11.9 Å². The minimum Gasteiger partial charge on any atom is -0.469 e. The fraction of sp³-hybridized carbons (Fsp3) is 0.952. The zero-order valence-electron chi connectivity index (χ0n) is 39.0. The molecular formula is C42H89N3O12. The molecule has 0 radical (unpaired) electrons. The van der Waals surface area contributed by atoms with Gasteiger partial charge in [0, 0.05) is 51.6 Å². The second-order valence-corrected chi connectivity index (χ2v) is 15.9. The first-order valence-corrected chi connectivity index (χ1v) is 21.1. The molecule has 7 N–H and O–H groups in total. The topological polar surface area (TPSA) is 214 Å². The normalized spacial score (nSPS) is 25.8. The van der Waals surface area contributed by atoms with Crippen LogP contribution in [0.2, 0.25) is 0 Å². The van der Waals surface area contributed by atoms with Gasteiger partial charge in [-0.3, -0.25) is 9.59 Å². The quantitative estimate of drug-likeness (QED) is 0.115. The first-order chi connectivity index (χ1) is 26.4. The highest BCUT2D eigenvalue weighted by Crippen LogP contribution is 2.31. The predicted molar refractivity (Wildman–Crippen MR) is 226 cm³/mol. The van der Waals surface area contributed by atoms with Crippen molar-refractivity contribution in [1.29, 1.82) is 0 Å². The van der Waals surface area contributed by atoms with Crippen LogP contribution in [0.5, 0.6) is 0 Å². The Bertz CT molecular complexity index is 1000. The lowest BCUT2D eigenvalue weighted by atomic mass is 9.87. The predicted octanol–water partition coefficient (Wildman–Crippen LogP) is 3.72. The summed E-state index contributed by atoms with van der Waals surface area (Å²) in [4.78, 5) is 26.7. The molecule has 0 aromatic rings. The fourth-order valence-corrected chi connectivity index (χ4v) is 6.24. The zero-order valence-corrected chi connectivity index (χ0v) is 39.0. The summed E-state index contributed by atoms with van der Waals surface area (Å²) in [5.41, 5.74) is 2.32. The van der Waals surface area contributed by atoms with Crippen molar-refractivity contribution in [3.05, 3.63) is 0 Å². The van der Waals surface area contributed by atoms with Crippen molar-refractivity contribution in [3.8, 4) is 0 Å². The SMILES string of the molecule is CC.CC.CC(=O)O[C@@H]1C(C)CCOC1C.COC(=O)C(C)[C@@H](O)C[C@@H](OC1CC(N(C)C)CC(C)O1)[C@](C)(O)CCN(C)C(C)C(O)C(C)(C)O.NCCCO. The molecule has 15 nitrogen and oxygen atoms in total. The molecule has 2 saturated heterocycles. The van der Waals surface area contributed by atoms with Gasteiger partial charge < -0.3 is 64.8 Å². The van der Waals surface area contributed by atoms with E-state index in [1.807, 2.05) is 74.5 Å². The van der Waals surface area contributed by atoms with E-state index >= 15 is 0 Å². The van der Waals surface area contributed by atoms with Gasteiger partial charge in [0.1, 0.15) is 6.10 Å². The van der Waals surface area contributed by atoms with Crippen LogP contribution in [-0.2, 0) is 33.3 Å². The van der Waals surface area contributed by atoms with Gasteiger partial charge in [0.15, 0.2) is 6.29 Å². The fourth-order valence-electron chi connectivity index (χ4n) is 6.24. The number of carbonyl (C=O) groups excluding carboxylic acids is 2. The van der Waals surface area contributed by atoms with Crippen molar-refractivity contribution in [1.82, 2.24) is 9.80 Å². The van der Waals surface area contributed by atoms with E-state index < -0.39 is 47.7 Å². The van der Waals surface area contributed by atoms with Gasteiger partial charge in [0.2, 0.25) is 0 Å². The third-order valence-electron chi connectivity index (χ3n) is 10.3. The molecule has 12 atom stereocenters. The molecule has 344 valence electrons. The van der Waals surface area contributed by atoms with Gasteiger partial charge in [-0.1, -0.05) is 34.6 Å². The van der Waals surface area contributed by atoms with Crippen LogP contribution in [0.3, 0.4) is 0 Å². The van der Waals surface area contributed by atoms with E-state index in [-0.39, 0.29) is 55.8 Å². The highest BCUT2D eigenvalue weighted by molar-refractivity contribution is 5.72. The number of hydrogen-bond acceptors (Lipinski definition) is 15. The molecule has 0 saturated carbocycles. The lowest BCUT2D eigenvalue weighted by molar-refractivity contribution is -0.255. The maximum atomic E-state index is 12.0. The first-order valence-electron chi connectivity index (χ1n) is 21.1. The first kappa shape index (κ1) is 59.8. The lowest BCUT2D eigenvalue weighted by Gasteiger charge is -2.42. The van der Waals surface area contributed by atoms with E-state index in [0.29, 0.717) is 25.4 Å². The van der Waals surface area contributed by atoms with E-state index in [9.17, 15) is 30.0 Å². The number of aliphatic hydroxyl groups is 5. The van der Waals surface area contributed by atoms with Crippen LogP contribution in [0, 0.1) is 11.8 Å². The summed E-state index contributed by atoms with van der Waals surface area (Å²) in [6, 6.07) is -0.118. The van der Waals surface area contributed by atoms with Crippen molar-refractivity contribution < 1.29 is 58.8 Å². The Morgan fingerprint density at radius 1 is 0.982 bits per heavy atom. The number of esters is 2. The highest BCUT2D eigenvalue weighted by atomic mass is 16.7. The van der Waals surface area contributed by atoms with Crippen molar-refractivity contribution >= 4 is 11.9 Å². The molecule has 2 fully saturated rings. The number of likely N-dealkylation sites (N-methyl/N-ethyl adjacent to an activating group) is 1. The van der Waals surface area contributed by atoms with E-state index in [1.54, 1.807) is 27.7 Å². The number of aliphatic hydroxyl groups excluding tert-OH is 3. The van der Waals surface area contributed by atoms with Crippen molar-refractivity contribution in [2.45, 2.75) is 195 Å². The summed E-state index contributed by atoms with van der Waals surface area (Å²) in [5.74, 6) is -1.13. The van der Waals surface area contributed by atoms with Crippen LogP contribution in [0.15, 0.2) is 0 Å². The monoisotopic (exact) mass is 828 g/mol. The van der Waals surface area contributed by atoms with Gasteiger partial charge in [-0.25, -0.2) is 0 Å². The Kier molecular flexibility index (Phi) is 32.9. The molecule has 57 heavy (non-hydrogen) atoms. The smallest absolute Gasteiger partial charge is 0.311 e. The largest absolute Gasteiger partial charge is 0.469 e. The number of hydrogen-bond donors (Lipinski definition) is 6. The van der Waals surface area contributed by atoms with E-state index in [0.717, 1.165) is 25.9 Å². The molecule has 2 heterocycles. The van der Waals surface area contributed by atoms with Gasteiger partial charge in [-0.15, -0.1) is 0 Å². The third-order valence-corrected chi connectivity index (χ3v) is 10.3. The summed E-state index contributed by atoms with van der Waals surface area (Å²) in [6.45, 7) is 25.6. The summed E-state index contributed by atoms with van der Waals surface area (Å²) >= 11 is 0. The summed E-state index contributed by atoms with van der Waals surface area (Å²) in [6.07, 6.45) is -0.0926.